The number of Topliss-reactive ketones (excluding diaryl/α,β-unsaturated/α-hetero) is 1. The normalized spacial score (nSPS) is 31.8. The van der Waals surface area contributed by atoms with E-state index in [1.165, 1.54) is 6.92 Å². The van der Waals surface area contributed by atoms with E-state index in [1.54, 1.807) is 24.3 Å². The van der Waals surface area contributed by atoms with Gasteiger partial charge in [0.25, 0.3) is 0 Å². The third-order valence-corrected chi connectivity index (χ3v) is 3.99. The highest BCUT2D eigenvalue weighted by molar-refractivity contribution is 6.06. The molecule has 1 aliphatic heterocycles. The van der Waals surface area contributed by atoms with Crippen molar-refractivity contribution in [1.29, 1.82) is 0 Å². The van der Waals surface area contributed by atoms with E-state index in [1.807, 2.05) is 0 Å². The maximum absolute atomic E-state index is 12.6. The number of fused-ring (bicyclic) bond motifs is 2. The second-order valence-electron chi connectivity index (χ2n) is 5.29. The smallest absolute Gasteiger partial charge is 0.303 e. The summed E-state index contributed by atoms with van der Waals surface area (Å²) in [7, 11) is 0. The largest absolute Gasteiger partial charge is 0.486 e. The number of carbonyl (C=O) groups is 2. The molecule has 0 aromatic heterocycles. The predicted octanol–water partition coefficient (Wildman–Crippen LogP) is 1.48. The van der Waals surface area contributed by atoms with E-state index in [0.29, 0.717) is 24.2 Å². The molecule has 1 aliphatic carbocycles. The fourth-order valence-corrected chi connectivity index (χ4v) is 3.05. The number of hydrogen-bond acceptors (Lipinski definition) is 5. The van der Waals surface area contributed by atoms with Crippen molar-refractivity contribution in [3.8, 4) is 5.75 Å². The molecule has 0 amide bonds. The van der Waals surface area contributed by atoms with E-state index in [0.717, 1.165) is 6.42 Å². The lowest BCUT2D eigenvalue weighted by molar-refractivity contribution is -0.176. The third-order valence-electron chi connectivity index (χ3n) is 3.99. The molecule has 0 spiro atoms. The van der Waals surface area contributed by atoms with Gasteiger partial charge in [-0.25, -0.2) is 0 Å². The van der Waals surface area contributed by atoms with Crippen LogP contribution in [0.5, 0.6) is 5.75 Å². The zero-order chi connectivity index (χ0) is 14.3. The Morgan fingerprint density at radius 2 is 2.15 bits per heavy atom. The second kappa shape index (κ2) is 4.59. The quantitative estimate of drug-likeness (QED) is 0.786. The van der Waals surface area contributed by atoms with Crippen LogP contribution >= 0.6 is 0 Å². The van der Waals surface area contributed by atoms with Crippen molar-refractivity contribution in [2.45, 2.75) is 44.0 Å². The van der Waals surface area contributed by atoms with Crippen molar-refractivity contribution in [3.63, 3.8) is 0 Å². The average Bonchev–Trinajstić information content (AvgIpc) is 2.42. The third kappa shape index (κ3) is 1.81. The molecule has 1 fully saturated rings. The maximum atomic E-state index is 12.6. The number of hydrogen-bond donors (Lipinski definition) is 1. The monoisotopic (exact) mass is 276 g/mol. The number of benzene rings is 1. The Balaban J connectivity index is 2.04. The van der Waals surface area contributed by atoms with E-state index in [-0.39, 0.29) is 0 Å². The minimum Gasteiger partial charge on any atom is -0.486 e. The van der Waals surface area contributed by atoms with Crippen molar-refractivity contribution in [2.75, 3.05) is 0 Å². The highest BCUT2D eigenvalue weighted by Crippen LogP contribution is 2.42. The van der Waals surface area contributed by atoms with Crippen molar-refractivity contribution in [1.82, 2.24) is 0 Å². The summed E-state index contributed by atoms with van der Waals surface area (Å²) in [5.74, 6) is -0.443. The number of para-hydroxylation sites is 1. The SMILES string of the molecule is CC(=O)O[C@H]1CCC[C@H]2Oc3ccccc3C(=O)[C@@]12O. The Hall–Kier alpha value is -1.88. The minimum atomic E-state index is -1.78. The van der Waals surface area contributed by atoms with Gasteiger partial charge < -0.3 is 14.6 Å². The van der Waals surface area contributed by atoms with E-state index < -0.39 is 29.6 Å². The van der Waals surface area contributed by atoms with Gasteiger partial charge in [-0.05, 0) is 31.4 Å². The summed E-state index contributed by atoms with van der Waals surface area (Å²) < 4.78 is 10.9. The molecule has 1 aromatic rings. The summed E-state index contributed by atoms with van der Waals surface area (Å²) in [6.45, 7) is 1.27. The highest BCUT2D eigenvalue weighted by atomic mass is 16.6. The van der Waals surface area contributed by atoms with Gasteiger partial charge in [0.05, 0.1) is 5.56 Å². The Labute approximate surface area is 116 Å². The molecule has 5 nitrogen and oxygen atoms in total. The summed E-state index contributed by atoms with van der Waals surface area (Å²) in [6, 6.07) is 6.82. The molecule has 0 radical (unpaired) electrons. The minimum absolute atomic E-state index is 0.338. The lowest BCUT2D eigenvalue weighted by atomic mass is 9.73. The average molecular weight is 276 g/mol. The van der Waals surface area contributed by atoms with Crippen LogP contribution in [0, 0.1) is 0 Å². The van der Waals surface area contributed by atoms with Gasteiger partial charge in [0.15, 0.2) is 0 Å². The van der Waals surface area contributed by atoms with Crippen LogP contribution in [0.1, 0.15) is 36.5 Å². The number of esters is 1. The van der Waals surface area contributed by atoms with Gasteiger partial charge in [0.2, 0.25) is 11.4 Å². The van der Waals surface area contributed by atoms with E-state index in [9.17, 15) is 14.7 Å². The van der Waals surface area contributed by atoms with Crippen molar-refractivity contribution < 1.29 is 24.2 Å². The fourth-order valence-electron chi connectivity index (χ4n) is 3.05. The van der Waals surface area contributed by atoms with Crippen LogP contribution in [-0.2, 0) is 9.53 Å². The standard InChI is InChI=1S/C15H16O5/c1-9(16)19-12-7-4-8-13-15(12,18)14(17)10-5-2-3-6-11(10)20-13/h2-3,5-6,12-13,18H,4,7-8H2,1H3/t12-,13+,15+/m0/s1. The van der Waals surface area contributed by atoms with Crippen LogP contribution in [0.2, 0.25) is 0 Å². The molecule has 1 heterocycles. The molecule has 1 N–H and O–H groups in total. The molecule has 0 saturated heterocycles. The summed E-state index contributed by atoms with van der Waals surface area (Å²) in [5.41, 5.74) is -1.44. The Morgan fingerprint density at radius 1 is 1.40 bits per heavy atom. The van der Waals surface area contributed by atoms with Crippen LogP contribution in [0.25, 0.3) is 0 Å². The molecule has 20 heavy (non-hydrogen) atoms. The molecule has 2 aliphatic rings. The number of aliphatic hydroxyl groups is 1. The molecule has 5 heteroatoms. The Kier molecular flexibility index (Phi) is 3.01. The van der Waals surface area contributed by atoms with Gasteiger partial charge in [-0.2, -0.15) is 0 Å². The van der Waals surface area contributed by atoms with Gasteiger partial charge >= 0.3 is 5.97 Å². The lowest BCUT2D eigenvalue weighted by Gasteiger charge is -2.46. The lowest BCUT2D eigenvalue weighted by Crippen LogP contribution is -2.65. The van der Waals surface area contributed by atoms with Crippen LogP contribution < -0.4 is 4.74 Å². The predicted molar refractivity (Wildman–Crippen MR) is 69.5 cm³/mol. The van der Waals surface area contributed by atoms with Gasteiger partial charge in [0, 0.05) is 6.92 Å². The first-order valence-electron chi connectivity index (χ1n) is 6.73. The molecule has 0 unspecified atom stereocenters. The summed E-state index contributed by atoms with van der Waals surface area (Å²) in [4.78, 5) is 23.8. The zero-order valence-electron chi connectivity index (χ0n) is 11.2. The number of ether oxygens (including phenoxy) is 2. The zero-order valence-corrected chi connectivity index (χ0v) is 11.2. The number of rotatable bonds is 1. The molecule has 1 aromatic carbocycles. The molecule has 106 valence electrons. The van der Waals surface area contributed by atoms with Crippen LogP contribution in [-0.4, -0.2) is 34.7 Å². The molecule has 0 bridgehead atoms. The number of ketones is 1. The molecule has 3 atom stereocenters. The van der Waals surface area contributed by atoms with Gasteiger partial charge in [-0.15, -0.1) is 0 Å². The van der Waals surface area contributed by atoms with E-state index in [2.05, 4.69) is 0 Å². The van der Waals surface area contributed by atoms with Crippen molar-refractivity contribution in [3.05, 3.63) is 29.8 Å². The van der Waals surface area contributed by atoms with E-state index >= 15 is 0 Å². The van der Waals surface area contributed by atoms with Crippen LogP contribution in [0.4, 0.5) is 0 Å². The molecule has 3 rings (SSSR count). The number of carbonyl (C=O) groups excluding carboxylic acids is 2. The van der Waals surface area contributed by atoms with Crippen LogP contribution in [0.15, 0.2) is 24.3 Å². The fraction of sp³-hybridized carbons (Fsp3) is 0.467. The Bertz CT molecular complexity index is 567. The van der Waals surface area contributed by atoms with E-state index in [4.69, 9.17) is 9.47 Å². The van der Waals surface area contributed by atoms with Crippen molar-refractivity contribution in [2.24, 2.45) is 0 Å². The highest BCUT2D eigenvalue weighted by Gasteiger charge is 2.58. The first kappa shape index (κ1) is 13.1. The first-order valence-corrected chi connectivity index (χ1v) is 6.73. The second-order valence-corrected chi connectivity index (χ2v) is 5.29. The molecular formula is C15H16O5. The molecule has 1 saturated carbocycles. The Morgan fingerprint density at radius 3 is 2.90 bits per heavy atom. The van der Waals surface area contributed by atoms with Crippen LogP contribution in [0.3, 0.4) is 0 Å². The summed E-state index contributed by atoms with van der Waals surface area (Å²) >= 11 is 0. The van der Waals surface area contributed by atoms with Crippen molar-refractivity contribution >= 4 is 11.8 Å². The molecular weight excluding hydrogens is 260 g/mol. The maximum Gasteiger partial charge on any atom is 0.303 e. The van der Waals surface area contributed by atoms with Gasteiger partial charge in [0.1, 0.15) is 18.0 Å². The first-order chi connectivity index (χ1) is 9.53. The summed E-state index contributed by atoms with van der Waals surface area (Å²) in [5, 5.41) is 10.9. The topological polar surface area (TPSA) is 72.8 Å². The van der Waals surface area contributed by atoms with Gasteiger partial charge in [-0.1, -0.05) is 12.1 Å². The summed E-state index contributed by atoms with van der Waals surface area (Å²) in [6.07, 6.45) is 0.251. The van der Waals surface area contributed by atoms with Gasteiger partial charge in [-0.3, -0.25) is 9.59 Å².